The second kappa shape index (κ2) is 11.2. The molecule has 0 spiro atoms. The molecule has 0 unspecified atom stereocenters. The van der Waals surface area contributed by atoms with E-state index in [0.717, 1.165) is 42.0 Å². The van der Waals surface area contributed by atoms with Crippen LogP contribution in [0.1, 0.15) is 37.3 Å². The van der Waals surface area contributed by atoms with Crippen LogP contribution in [0.4, 0.5) is 0 Å². The molecular weight excluding hydrogens is 468 g/mol. The SMILES string of the molecule is Cl.Cl.Cl.NC[C@]1(c2cccc(Cl)c2)CC[C@@H](n2nc(-c3cn[nH]c3)ccc2=O)CC1. The van der Waals surface area contributed by atoms with Crippen LogP contribution in [-0.2, 0) is 5.41 Å². The minimum Gasteiger partial charge on any atom is -0.330 e. The quantitative estimate of drug-likeness (QED) is 0.558. The van der Waals surface area contributed by atoms with Crippen LogP contribution in [0, 0.1) is 0 Å². The molecule has 0 bridgehead atoms. The summed E-state index contributed by atoms with van der Waals surface area (Å²) in [4.78, 5) is 12.4. The number of aromatic nitrogens is 4. The largest absolute Gasteiger partial charge is 0.330 e. The van der Waals surface area contributed by atoms with E-state index in [1.165, 1.54) is 5.56 Å². The van der Waals surface area contributed by atoms with Gasteiger partial charge in [0.2, 0.25) is 0 Å². The highest BCUT2D eigenvalue weighted by molar-refractivity contribution is 6.30. The average molecular weight is 493 g/mol. The van der Waals surface area contributed by atoms with Crippen LogP contribution in [-0.4, -0.2) is 26.5 Å². The number of aromatic amines is 1. The summed E-state index contributed by atoms with van der Waals surface area (Å²) in [5, 5.41) is 12.1. The molecular formula is C20H25Cl4N5O. The maximum Gasteiger partial charge on any atom is 0.267 e. The van der Waals surface area contributed by atoms with Gasteiger partial charge in [0.15, 0.2) is 0 Å². The summed E-state index contributed by atoms with van der Waals surface area (Å²) in [6.07, 6.45) is 6.99. The Balaban J connectivity index is 0.00000150. The maximum atomic E-state index is 12.4. The molecule has 1 aliphatic rings. The van der Waals surface area contributed by atoms with Crippen molar-refractivity contribution in [3.8, 4) is 11.3 Å². The second-order valence-electron chi connectivity index (χ2n) is 7.21. The molecule has 0 atom stereocenters. The van der Waals surface area contributed by atoms with E-state index in [9.17, 15) is 4.79 Å². The Morgan fingerprint density at radius 1 is 1.17 bits per heavy atom. The van der Waals surface area contributed by atoms with Gasteiger partial charge in [0, 0.05) is 34.8 Å². The Kier molecular flexibility index (Phi) is 9.85. The molecule has 1 saturated carbocycles. The number of hydrogen-bond donors (Lipinski definition) is 2. The van der Waals surface area contributed by atoms with Crippen molar-refractivity contribution < 1.29 is 0 Å². The molecule has 2 heterocycles. The molecule has 3 aromatic rings. The van der Waals surface area contributed by atoms with Crippen LogP contribution < -0.4 is 11.3 Å². The number of halogens is 4. The van der Waals surface area contributed by atoms with Crippen molar-refractivity contribution in [2.75, 3.05) is 6.54 Å². The van der Waals surface area contributed by atoms with E-state index in [1.54, 1.807) is 29.2 Å². The van der Waals surface area contributed by atoms with Crippen molar-refractivity contribution in [3.63, 3.8) is 0 Å². The smallest absolute Gasteiger partial charge is 0.267 e. The molecule has 1 fully saturated rings. The summed E-state index contributed by atoms with van der Waals surface area (Å²) >= 11 is 6.19. The molecule has 30 heavy (non-hydrogen) atoms. The fourth-order valence-corrected chi connectivity index (χ4v) is 4.25. The normalized spacial score (nSPS) is 20.4. The van der Waals surface area contributed by atoms with Gasteiger partial charge >= 0.3 is 0 Å². The number of rotatable bonds is 4. The topological polar surface area (TPSA) is 89.6 Å². The van der Waals surface area contributed by atoms with E-state index in [-0.39, 0.29) is 54.2 Å². The van der Waals surface area contributed by atoms with Gasteiger partial charge in [-0.2, -0.15) is 10.2 Å². The predicted molar refractivity (Wildman–Crippen MR) is 128 cm³/mol. The number of hydrogen-bond acceptors (Lipinski definition) is 4. The predicted octanol–water partition coefficient (Wildman–Crippen LogP) is 4.56. The van der Waals surface area contributed by atoms with E-state index in [4.69, 9.17) is 17.3 Å². The lowest BCUT2D eigenvalue weighted by molar-refractivity contribution is 0.222. The van der Waals surface area contributed by atoms with Crippen LogP contribution >= 0.6 is 48.8 Å². The Labute approximate surface area is 198 Å². The van der Waals surface area contributed by atoms with Crippen molar-refractivity contribution in [2.24, 2.45) is 5.73 Å². The Hall–Kier alpha value is -1.57. The Morgan fingerprint density at radius 3 is 2.50 bits per heavy atom. The summed E-state index contributed by atoms with van der Waals surface area (Å²) < 4.78 is 1.63. The fraction of sp³-hybridized carbons (Fsp3) is 0.350. The number of nitrogens with zero attached hydrogens (tertiary/aromatic N) is 3. The third-order valence-electron chi connectivity index (χ3n) is 5.70. The van der Waals surface area contributed by atoms with Gasteiger partial charge in [0.25, 0.3) is 5.56 Å². The minimum atomic E-state index is -0.0901. The molecule has 1 aliphatic carbocycles. The summed E-state index contributed by atoms with van der Waals surface area (Å²) in [5.41, 5.74) is 8.82. The summed E-state index contributed by atoms with van der Waals surface area (Å²) in [6.45, 7) is 0.567. The number of benzene rings is 1. The summed E-state index contributed by atoms with van der Waals surface area (Å²) in [7, 11) is 0. The molecule has 0 aliphatic heterocycles. The van der Waals surface area contributed by atoms with Gasteiger partial charge in [-0.15, -0.1) is 37.2 Å². The lowest BCUT2D eigenvalue weighted by Gasteiger charge is -2.40. The zero-order chi connectivity index (χ0) is 18.9. The minimum absolute atomic E-state index is 0. The molecule has 4 rings (SSSR count). The zero-order valence-corrected chi connectivity index (χ0v) is 19.4. The first-order valence-electron chi connectivity index (χ1n) is 9.16. The van der Waals surface area contributed by atoms with Gasteiger partial charge in [0.05, 0.1) is 17.9 Å². The highest BCUT2D eigenvalue weighted by Crippen LogP contribution is 2.42. The van der Waals surface area contributed by atoms with E-state index >= 15 is 0 Å². The molecule has 2 aromatic heterocycles. The first-order chi connectivity index (χ1) is 13.1. The van der Waals surface area contributed by atoms with Crippen molar-refractivity contribution in [3.05, 3.63) is 69.7 Å². The number of nitrogens with two attached hydrogens (primary N) is 1. The molecule has 0 amide bonds. The highest BCUT2D eigenvalue weighted by atomic mass is 35.5. The molecule has 0 saturated heterocycles. The molecule has 10 heteroatoms. The van der Waals surface area contributed by atoms with Gasteiger partial charge in [-0.05, 0) is 49.4 Å². The molecule has 1 aromatic carbocycles. The van der Waals surface area contributed by atoms with Gasteiger partial charge in [-0.1, -0.05) is 23.7 Å². The molecule has 3 N–H and O–H groups in total. The van der Waals surface area contributed by atoms with Crippen molar-refractivity contribution in [1.29, 1.82) is 0 Å². The first kappa shape index (κ1) is 26.5. The van der Waals surface area contributed by atoms with E-state index in [2.05, 4.69) is 21.4 Å². The van der Waals surface area contributed by atoms with Crippen molar-refractivity contribution in [1.82, 2.24) is 20.0 Å². The van der Waals surface area contributed by atoms with Gasteiger partial charge in [-0.3, -0.25) is 9.89 Å². The second-order valence-corrected chi connectivity index (χ2v) is 7.65. The van der Waals surface area contributed by atoms with Gasteiger partial charge in [-0.25, -0.2) is 4.68 Å². The standard InChI is InChI=1S/C20H22ClN5O.3ClH/c21-16-3-1-2-15(10-16)20(13-22)8-6-17(7-9-20)26-19(27)5-4-18(25-26)14-11-23-24-12-14;;;/h1-5,10-12,17H,6-9,13,22H2,(H,23,24);3*1H/t17-,20+;;;. The van der Waals surface area contributed by atoms with Gasteiger partial charge < -0.3 is 5.73 Å². The first-order valence-corrected chi connectivity index (χ1v) is 9.54. The van der Waals surface area contributed by atoms with E-state index < -0.39 is 0 Å². The maximum absolute atomic E-state index is 12.4. The van der Waals surface area contributed by atoms with Crippen molar-refractivity contribution >= 4 is 48.8 Å². The molecule has 164 valence electrons. The third-order valence-corrected chi connectivity index (χ3v) is 5.94. The van der Waals surface area contributed by atoms with Crippen LogP contribution in [0.15, 0.2) is 53.6 Å². The van der Waals surface area contributed by atoms with E-state index in [0.29, 0.717) is 6.54 Å². The van der Waals surface area contributed by atoms with E-state index in [1.807, 2.05) is 18.2 Å². The number of H-pyrrole nitrogens is 1. The zero-order valence-electron chi connectivity index (χ0n) is 16.2. The lowest BCUT2D eigenvalue weighted by atomic mass is 9.68. The van der Waals surface area contributed by atoms with Crippen LogP contribution in [0.3, 0.4) is 0 Å². The monoisotopic (exact) mass is 491 g/mol. The Morgan fingerprint density at radius 2 is 1.90 bits per heavy atom. The lowest BCUT2D eigenvalue weighted by Crippen LogP contribution is -2.41. The van der Waals surface area contributed by atoms with Gasteiger partial charge in [0.1, 0.15) is 0 Å². The van der Waals surface area contributed by atoms with Crippen molar-refractivity contribution in [2.45, 2.75) is 37.1 Å². The van der Waals surface area contributed by atoms with Crippen LogP contribution in [0.2, 0.25) is 5.02 Å². The van der Waals surface area contributed by atoms with Crippen LogP contribution in [0.5, 0.6) is 0 Å². The number of nitrogens with one attached hydrogen (secondary N) is 1. The molecule has 0 radical (unpaired) electrons. The summed E-state index contributed by atoms with van der Waals surface area (Å²) in [6, 6.07) is 11.4. The highest BCUT2D eigenvalue weighted by Gasteiger charge is 2.37. The Bertz CT molecular complexity index is 985. The third kappa shape index (κ3) is 5.18. The average Bonchev–Trinajstić information content (AvgIpc) is 3.23. The fourth-order valence-electron chi connectivity index (χ4n) is 4.06. The molecule has 6 nitrogen and oxygen atoms in total. The van der Waals surface area contributed by atoms with Crippen LogP contribution in [0.25, 0.3) is 11.3 Å². The summed E-state index contributed by atoms with van der Waals surface area (Å²) in [5.74, 6) is 0.